The second-order valence-corrected chi connectivity index (χ2v) is 10.4. The molecule has 4 rings (SSSR count). The first kappa shape index (κ1) is 31.3. The van der Waals surface area contributed by atoms with Crippen molar-refractivity contribution in [1.82, 2.24) is 10.3 Å². The quantitative estimate of drug-likeness (QED) is 0.153. The van der Waals surface area contributed by atoms with Crippen LogP contribution in [-0.2, 0) is 5.54 Å². The molecule has 226 valence electrons. The maximum Gasteiger partial charge on any atom is 0.573 e. The first-order chi connectivity index (χ1) is 20.1. The Bertz CT molecular complexity index is 1640. The van der Waals surface area contributed by atoms with Crippen molar-refractivity contribution in [1.29, 1.82) is 0 Å². The van der Waals surface area contributed by atoms with Crippen molar-refractivity contribution in [3.8, 4) is 22.6 Å². The van der Waals surface area contributed by atoms with Gasteiger partial charge in [0, 0.05) is 12.5 Å². The molecular formula is C29H23F6N3O4S. The minimum absolute atomic E-state index is 0.0329. The van der Waals surface area contributed by atoms with Crippen molar-refractivity contribution in [2.75, 3.05) is 5.32 Å². The molecule has 14 heteroatoms. The van der Waals surface area contributed by atoms with Gasteiger partial charge in [0.2, 0.25) is 0 Å². The first-order valence-electron chi connectivity index (χ1n) is 12.4. The molecule has 0 radical (unpaired) electrons. The third-order valence-electron chi connectivity index (χ3n) is 6.20. The predicted octanol–water partition coefficient (Wildman–Crippen LogP) is 8.20. The summed E-state index contributed by atoms with van der Waals surface area (Å²) in [6.45, 7) is 4.32. The van der Waals surface area contributed by atoms with E-state index >= 15 is 0 Å². The van der Waals surface area contributed by atoms with E-state index < -0.39 is 35.8 Å². The molecule has 2 N–H and O–H groups in total. The molecule has 0 spiro atoms. The van der Waals surface area contributed by atoms with Crippen molar-refractivity contribution in [2.45, 2.75) is 39.0 Å². The Hall–Kier alpha value is -4.59. The predicted molar refractivity (Wildman–Crippen MR) is 147 cm³/mol. The van der Waals surface area contributed by atoms with Crippen LogP contribution in [0.15, 0.2) is 72.8 Å². The number of ketones is 1. The highest BCUT2D eigenvalue weighted by Gasteiger charge is 2.39. The molecule has 0 fully saturated rings. The van der Waals surface area contributed by atoms with E-state index in [0.717, 1.165) is 29.5 Å². The summed E-state index contributed by atoms with van der Waals surface area (Å²) in [7, 11) is 0. The van der Waals surface area contributed by atoms with E-state index in [0.29, 0.717) is 10.6 Å². The van der Waals surface area contributed by atoms with E-state index in [2.05, 4.69) is 25.1 Å². The minimum atomic E-state index is -5.08. The van der Waals surface area contributed by atoms with Crippen LogP contribution in [-0.4, -0.2) is 29.5 Å². The number of aryl methyl sites for hydroxylation is 1. The lowest BCUT2D eigenvalue weighted by Crippen LogP contribution is -2.46. The molecule has 0 saturated carbocycles. The smallest absolute Gasteiger partial charge is 0.406 e. The second-order valence-electron chi connectivity index (χ2n) is 9.36. The van der Waals surface area contributed by atoms with Gasteiger partial charge in [0.05, 0.1) is 16.1 Å². The largest absolute Gasteiger partial charge is 0.573 e. The number of hydrogen-bond donors (Lipinski definition) is 2. The zero-order valence-corrected chi connectivity index (χ0v) is 23.5. The minimum Gasteiger partial charge on any atom is -0.406 e. The van der Waals surface area contributed by atoms with Crippen molar-refractivity contribution < 1.29 is 45.4 Å². The number of anilines is 1. The molecule has 1 atom stereocenters. The Morgan fingerprint density at radius 3 is 2.12 bits per heavy atom. The summed E-state index contributed by atoms with van der Waals surface area (Å²) in [5, 5.41) is 5.23. The zero-order chi connectivity index (χ0) is 31.6. The molecule has 1 unspecified atom stereocenters. The number of halogens is 6. The number of hydrogen-bond acceptors (Lipinski definition) is 6. The average Bonchev–Trinajstić information content (AvgIpc) is 3.27. The van der Waals surface area contributed by atoms with Gasteiger partial charge in [-0.1, -0.05) is 65.9 Å². The lowest BCUT2D eigenvalue weighted by molar-refractivity contribution is -0.275. The molecule has 1 aromatic heterocycles. The SMILES string of the molecule is CC(=O)c1sc(NC(=O)NC(C)(c2cccc(OC(F)(F)F)c2)c2cccc(OC(F)(F)F)c2-c2ccccc2)nc1C. The number of alkyl halides is 6. The van der Waals surface area contributed by atoms with Gasteiger partial charge in [-0.3, -0.25) is 10.1 Å². The molecule has 1 heterocycles. The van der Waals surface area contributed by atoms with Crippen molar-refractivity contribution >= 4 is 28.3 Å². The summed E-state index contributed by atoms with van der Waals surface area (Å²) in [6, 6.07) is 15.4. The molecule has 43 heavy (non-hydrogen) atoms. The molecule has 3 aromatic carbocycles. The third-order valence-corrected chi connectivity index (χ3v) is 7.37. The van der Waals surface area contributed by atoms with Crippen molar-refractivity contribution in [3.63, 3.8) is 0 Å². The van der Waals surface area contributed by atoms with Crippen LogP contribution >= 0.6 is 11.3 Å². The molecule has 0 aliphatic carbocycles. The number of benzene rings is 3. The molecule has 0 aliphatic rings. The summed E-state index contributed by atoms with van der Waals surface area (Å²) < 4.78 is 88.1. The average molecular weight is 624 g/mol. The Balaban J connectivity index is 1.90. The van der Waals surface area contributed by atoms with Gasteiger partial charge < -0.3 is 14.8 Å². The Morgan fingerprint density at radius 1 is 0.860 bits per heavy atom. The van der Waals surface area contributed by atoms with Crippen LogP contribution in [0.5, 0.6) is 11.5 Å². The Labute approximate surface area is 245 Å². The third kappa shape index (κ3) is 7.63. The van der Waals surface area contributed by atoms with Crippen LogP contribution in [0, 0.1) is 6.92 Å². The van der Waals surface area contributed by atoms with Gasteiger partial charge in [0.25, 0.3) is 0 Å². The molecule has 0 saturated heterocycles. The molecular weight excluding hydrogens is 600 g/mol. The van der Waals surface area contributed by atoms with Crippen LogP contribution in [0.3, 0.4) is 0 Å². The molecule has 7 nitrogen and oxygen atoms in total. The zero-order valence-electron chi connectivity index (χ0n) is 22.7. The maximum absolute atomic E-state index is 13.5. The number of nitrogens with zero attached hydrogens (tertiary/aromatic N) is 1. The molecule has 4 aromatic rings. The van der Waals surface area contributed by atoms with E-state index in [9.17, 15) is 35.9 Å². The lowest BCUT2D eigenvalue weighted by atomic mass is 9.80. The van der Waals surface area contributed by atoms with Crippen LogP contribution < -0.4 is 20.1 Å². The second kappa shape index (κ2) is 12.0. The number of carbonyl (C=O) groups is 2. The van der Waals surface area contributed by atoms with Gasteiger partial charge in [-0.05, 0) is 48.7 Å². The standard InChI is InChI=1S/C29H23F6N3O4S/c1-16-24(17(2)39)43-26(36-16)37-25(40)38-27(3,19-11-7-12-20(15-19)41-28(30,31)32)21-13-8-14-22(42-29(33,34)35)23(21)18-9-5-4-6-10-18/h4-15H,1-3H3,(H2,36,37,38,40). The van der Waals surface area contributed by atoms with E-state index in [1.807, 2.05) is 0 Å². The number of aromatic nitrogens is 1. The highest BCUT2D eigenvalue weighted by Crippen LogP contribution is 2.44. The van der Waals surface area contributed by atoms with Gasteiger partial charge in [0.15, 0.2) is 10.9 Å². The normalized spacial score (nSPS) is 13.1. The highest BCUT2D eigenvalue weighted by atomic mass is 32.1. The number of urea groups is 1. The summed E-state index contributed by atoms with van der Waals surface area (Å²) in [6.07, 6.45) is -10.1. The van der Waals surface area contributed by atoms with Gasteiger partial charge in [-0.2, -0.15) is 0 Å². The van der Waals surface area contributed by atoms with E-state index in [4.69, 9.17) is 0 Å². The molecule has 0 aliphatic heterocycles. The fraction of sp³-hybridized carbons (Fsp3) is 0.207. The maximum atomic E-state index is 13.5. The summed E-state index contributed by atoms with van der Waals surface area (Å²) in [5.74, 6) is -1.50. The van der Waals surface area contributed by atoms with Gasteiger partial charge in [-0.15, -0.1) is 26.3 Å². The lowest BCUT2D eigenvalue weighted by Gasteiger charge is -2.34. The Morgan fingerprint density at radius 2 is 1.51 bits per heavy atom. The summed E-state index contributed by atoms with van der Waals surface area (Å²) >= 11 is 0.909. The molecule has 0 bridgehead atoms. The van der Waals surface area contributed by atoms with Crippen LogP contribution in [0.25, 0.3) is 11.1 Å². The summed E-state index contributed by atoms with van der Waals surface area (Å²) in [4.78, 5) is 29.7. The number of amides is 2. The topological polar surface area (TPSA) is 89.6 Å². The number of carbonyl (C=O) groups excluding carboxylic acids is 2. The first-order valence-corrected chi connectivity index (χ1v) is 13.3. The van der Waals surface area contributed by atoms with E-state index in [1.165, 1.54) is 50.2 Å². The fourth-order valence-corrected chi connectivity index (χ4v) is 5.35. The summed E-state index contributed by atoms with van der Waals surface area (Å²) in [5.41, 5.74) is -1.13. The van der Waals surface area contributed by atoms with Gasteiger partial charge >= 0.3 is 18.8 Å². The number of thiazole rings is 1. The van der Waals surface area contributed by atoms with Gasteiger partial charge in [-0.25, -0.2) is 9.78 Å². The number of nitrogens with one attached hydrogen (secondary N) is 2. The van der Waals surface area contributed by atoms with Crippen LogP contribution in [0.4, 0.5) is 36.3 Å². The monoisotopic (exact) mass is 623 g/mol. The number of rotatable bonds is 8. The molecule has 2 amide bonds. The number of Topliss-reactive ketones (excluding diaryl/α,β-unsaturated/α-hetero) is 1. The van der Waals surface area contributed by atoms with Crippen LogP contribution in [0.2, 0.25) is 0 Å². The fourth-order valence-electron chi connectivity index (χ4n) is 4.49. The Kier molecular flexibility index (Phi) is 8.71. The van der Waals surface area contributed by atoms with Crippen molar-refractivity contribution in [2.24, 2.45) is 0 Å². The van der Waals surface area contributed by atoms with E-state index in [1.54, 1.807) is 25.1 Å². The van der Waals surface area contributed by atoms with Crippen molar-refractivity contribution in [3.05, 3.63) is 94.5 Å². The number of ether oxygens (including phenoxy) is 2. The van der Waals surface area contributed by atoms with Crippen LogP contribution in [0.1, 0.15) is 40.3 Å². The van der Waals surface area contributed by atoms with Gasteiger partial charge in [0.1, 0.15) is 11.5 Å². The van der Waals surface area contributed by atoms with E-state index in [-0.39, 0.29) is 33.2 Å². The highest BCUT2D eigenvalue weighted by molar-refractivity contribution is 7.17.